The summed E-state index contributed by atoms with van der Waals surface area (Å²) < 4.78 is 5.57. The highest BCUT2D eigenvalue weighted by Crippen LogP contribution is 2.25. The van der Waals surface area contributed by atoms with Crippen LogP contribution in [-0.2, 0) is 16.0 Å². The normalized spacial score (nSPS) is 22.7. The number of nitrogens with one attached hydrogen (secondary N) is 1. The molecule has 112 valence electrons. The third-order valence-electron chi connectivity index (χ3n) is 3.95. The topological polar surface area (TPSA) is 84.7 Å². The van der Waals surface area contributed by atoms with Gasteiger partial charge in [0.1, 0.15) is 0 Å². The van der Waals surface area contributed by atoms with E-state index < -0.39 is 0 Å². The lowest BCUT2D eigenvalue weighted by Gasteiger charge is -2.34. The molecule has 0 bridgehead atoms. The number of carbonyl (C=O) groups is 2. The predicted octanol–water partition coefficient (Wildman–Crippen LogP) is 0.369. The lowest BCUT2D eigenvalue weighted by Crippen LogP contribution is -2.51. The molecule has 21 heavy (non-hydrogen) atoms. The van der Waals surface area contributed by atoms with Crippen molar-refractivity contribution in [3.63, 3.8) is 0 Å². The van der Waals surface area contributed by atoms with Gasteiger partial charge in [0, 0.05) is 30.4 Å². The second kappa shape index (κ2) is 5.46. The van der Waals surface area contributed by atoms with Gasteiger partial charge in [-0.3, -0.25) is 9.59 Å². The summed E-state index contributed by atoms with van der Waals surface area (Å²) in [4.78, 5) is 25.7. The fraction of sp³-hybridized carbons (Fsp3) is 0.467. The van der Waals surface area contributed by atoms with Crippen molar-refractivity contribution in [3.05, 3.63) is 29.3 Å². The fourth-order valence-corrected chi connectivity index (χ4v) is 2.71. The van der Waals surface area contributed by atoms with Crippen LogP contribution in [0, 0.1) is 0 Å². The highest BCUT2D eigenvalue weighted by Gasteiger charge is 2.28. The lowest BCUT2D eigenvalue weighted by atomic mass is 10.1. The molecule has 2 aliphatic rings. The number of ether oxygens (including phenoxy) is 1. The first-order chi connectivity index (χ1) is 10.0. The molecule has 6 heteroatoms. The van der Waals surface area contributed by atoms with Gasteiger partial charge in [-0.15, -0.1) is 0 Å². The van der Waals surface area contributed by atoms with Gasteiger partial charge in [0.15, 0.2) is 0 Å². The molecule has 2 aliphatic heterocycles. The summed E-state index contributed by atoms with van der Waals surface area (Å²) in [6.07, 6.45) is 0.255. The summed E-state index contributed by atoms with van der Waals surface area (Å²) in [6.45, 7) is 3.44. The van der Waals surface area contributed by atoms with Crippen molar-refractivity contribution < 1.29 is 14.3 Å². The summed E-state index contributed by atoms with van der Waals surface area (Å²) >= 11 is 0. The van der Waals surface area contributed by atoms with E-state index in [0.717, 1.165) is 11.3 Å². The minimum atomic E-state index is -0.128. The second-order valence-electron chi connectivity index (χ2n) is 5.62. The Morgan fingerprint density at radius 2 is 2.33 bits per heavy atom. The van der Waals surface area contributed by atoms with E-state index in [1.54, 1.807) is 17.0 Å². The molecule has 3 rings (SSSR count). The molecule has 0 radical (unpaired) electrons. The molecule has 1 saturated heterocycles. The summed E-state index contributed by atoms with van der Waals surface area (Å²) in [5, 5.41) is 2.77. The molecule has 1 aromatic carbocycles. The number of benzene rings is 1. The van der Waals surface area contributed by atoms with Crippen molar-refractivity contribution in [3.8, 4) is 0 Å². The zero-order valence-electron chi connectivity index (χ0n) is 12.0. The summed E-state index contributed by atoms with van der Waals surface area (Å²) in [7, 11) is 0. The molecule has 0 aromatic heterocycles. The first kappa shape index (κ1) is 14.0. The molecule has 1 aromatic rings. The molecule has 2 amide bonds. The standard InChI is InChI=1S/C15H19N3O3/c1-9(16)13-8-18(4-5-21-13)15(20)11-3-2-10-7-14(19)17-12(10)6-11/h2-3,6,9,13H,4-5,7-8,16H2,1H3,(H,17,19). The van der Waals surface area contributed by atoms with Crippen molar-refractivity contribution in [2.75, 3.05) is 25.0 Å². The minimum absolute atomic E-state index is 0.0296. The van der Waals surface area contributed by atoms with Crippen LogP contribution in [0.15, 0.2) is 18.2 Å². The van der Waals surface area contributed by atoms with Crippen LogP contribution in [0.4, 0.5) is 5.69 Å². The van der Waals surface area contributed by atoms with Crippen molar-refractivity contribution in [1.29, 1.82) is 0 Å². The number of amides is 2. The van der Waals surface area contributed by atoms with Gasteiger partial charge in [0.25, 0.3) is 5.91 Å². The maximum Gasteiger partial charge on any atom is 0.254 e. The summed E-state index contributed by atoms with van der Waals surface area (Å²) in [5.74, 6) is -0.0779. The number of fused-ring (bicyclic) bond motifs is 1. The van der Waals surface area contributed by atoms with E-state index in [0.29, 0.717) is 31.7 Å². The highest BCUT2D eigenvalue weighted by molar-refractivity contribution is 6.02. The number of hydrogen-bond donors (Lipinski definition) is 2. The van der Waals surface area contributed by atoms with Crippen LogP contribution in [-0.4, -0.2) is 48.6 Å². The number of carbonyl (C=O) groups excluding carboxylic acids is 2. The van der Waals surface area contributed by atoms with E-state index in [1.807, 2.05) is 13.0 Å². The molecule has 0 saturated carbocycles. The average Bonchev–Trinajstić information content (AvgIpc) is 2.85. The largest absolute Gasteiger partial charge is 0.373 e. The number of nitrogens with zero attached hydrogens (tertiary/aromatic N) is 1. The summed E-state index contributed by atoms with van der Waals surface area (Å²) in [5.41, 5.74) is 8.11. The van der Waals surface area contributed by atoms with Gasteiger partial charge in [-0.25, -0.2) is 0 Å². The first-order valence-electron chi connectivity index (χ1n) is 7.14. The molecule has 0 spiro atoms. The van der Waals surface area contributed by atoms with E-state index in [-0.39, 0.29) is 24.0 Å². The number of morpholine rings is 1. The maximum atomic E-state index is 12.6. The van der Waals surface area contributed by atoms with E-state index in [1.165, 1.54) is 0 Å². The molecule has 1 fully saturated rings. The minimum Gasteiger partial charge on any atom is -0.373 e. The fourth-order valence-electron chi connectivity index (χ4n) is 2.71. The molecule has 2 unspecified atom stereocenters. The highest BCUT2D eigenvalue weighted by atomic mass is 16.5. The van der Waals surface area contributed by atoms with Gasteiger partial charge in [-0.2, -0.15) is 0 Å². The van der Waals surface area contributed by atoms with Crippen LogP contribution >= 0.6 is 0 Å². The van der Waals surface area contributed by atoms with Gasteiger partial charge < -0.3 is 20.7 Å². The Kier molecular flexibility index (Phi) is 3.65. The van der Waals surface area contributed by atoms with Gasteiger partial charge in [0.05, 0.1) is 19.1 Å². The Balaban J connectivity index is 1.76. The van der Waals surface area contributed by atoms with Crippen LogP contribution in [0.1, 0.15) is 22.8 Å². The first-order valence-corrected chi connectivity index (χ1v) is 7.14. The van der Waals surface area contributed by atoms with Crippen LogP contribution in [0.3, 0.4) is 0 Å². The Labute approximate surface area is 123 Å². The number of nitrogens with two attached hydrogens (primary N) is 1. The molecule has 2 atom stereocenters. The quantitative estimate of drug-likeness (QED) is 0.824. The van der Waals surface area contributed by atoms with E-state index in [2.05, 4.69) is 5.32 Å². The molecule has 3 N–H and O–H groups in total. The van der Waals surface area contributed by atoms with Gasteiger partial charge in [0.2, 0.25) is 5.91 Å². The van der Waals surface area contributed by atoms with E-state index in [4.69, 9.17) is 10.5 Å². The van der Waals surface area contributed by atoms with E-state index >= 15 is 0 Å². The van der Waals surface area contributed by atoms with Crippen LogP contribution in [0.5, 0.6) is 0 Å². The van der Waals surface area contributed by atoms with Crippen LogP contribution in [0.25, 0.3) is 0 Å². The molecular weight excluding hydrogens is 270 g/mol. The van der Waals surface area contributed by atoms with Crippen molar-refractivity contribution in [2.45, 2.75) is 25.5 Å². The Bertz CT molecular complexity index is 586. The Morgan fingerprint density at radius 3 is 3.10 bits per heavy atom. The van der Waals surface area contributed by atoms with Crippen molar-refractivity contribution in [2.24, 2.45) is 5.73 Å². The SMILES string of the molecule is CC(N)C1CN(C(=O)c2ccc3c(c2)NC(=O)C3)CCO1. The Morgan fingerprint density at radius 1 is 1.52 bits per heavy atom. The molecule has 2 heterocycles. The maximum absolute atomic E-state index is 12.6. The zero-order chi connectivity index (χ0) is 15.0. The van der Waals surface area contributed by atoms with Gasteiger partial charge in [-0.05, 0) is 24.6 Å². The third kappa shape index (κ3) is 2.77. The summed E-state index contributed by atoms with van der Waals surface area (Å²) in [6, 6.07) is 5.25. The average molecular weight is 289 g/mol. The van der Waals surface area contributed by atoms with E-state index in [9.17, 15) is 9.59 Å². The van der Waals surface area contributed by atoms with Gasteiger partial charge >= 0.3 is 0 Å². The molecule has 0 aliphatic carbocycles. The Hall–Kier alpha value is -1.92. The van der Waals surface area contributed by atoms with Crippen LogP contribution in [0.2, 0.25) is 0 Å². The molecular formula is C15H19N3O3. The van der Waals surface area contributed by atoms with Crippen molar-refractivity contribution >= 4 is 17.5 Å². The number of hydrogen-bond acceptors (Lipinski definition) is 4. The number of anilines is 1. The monoisotopic (exact) mass is 289 g/mol. The predicted molar refractivity (Wildman–Crippen MR) is 78.1 cm³/mol. The third-order valence-corrected chi connectivity index (χ3v) is 3.95. The zero-order valence-corrected chi connectivity index (χ0v) is 12.0. The number of rotatable bonds is 2. The van der Waals surface area contributed by atoms with Crippen LogP contribution < -0.4 is 11.1 Å². The van der Waals surface area contributed by atoms with Crippen molar-refractivity contribution in [1.82, 2.24) is 4.90 Å². The van der Waals surface area contributed by atoms with Gasteiger partial charge in [-0.1, -0.05) is 6.07 Å². The molecule has 6 nitrogen and oxygen atoms in total. The second-order valence-corrected chi connectivity index (χ2v) is 5.62. The smallest absolute Gasteiger partial charge is 0.254 e. The lowest BCUT2D eigenvalue weighted by molar-refractivity contribution is -0.115.